The molecule has 2 N–H and O–H groups in total. The molecule has 0 bridgehead atoms. The summed E-state index contributed by atoms with van der Waals surface area (Å²) in [5.41, 5.74) is 7.09. The Morgan fingerprint density at radius 3 is 2.68 bits per heavy atom. The number of nitrogen functional groups attached to an aromatic ring is 1. The van der Waals surface area contributed by atoms with Crippen LogP contribution in [0.2, 0.25) is 0 Å². The van der Waals surface area contributed by atoms with E-state index in [0.717, 1.165) is 11.4 Å². The molecule has 3 heterocycles. The molecule has 0 aliphatic carbocycles. The van der Waals surface area contributed by atoms with Crippen LogP contribution >= 0.6 is 0 Å². The lowest BCUT2D eigenvalue weighted by Crippen LogP contribution is -2.41. The van der Waals surface area contributed by atoms with Crippen molar-refractivity contribution >= 4 is 11.7 Å². The summed E-state index contributed by atoms with van der Waals surface area (Å²) >= 11 is 0. The van der Waals surface area contributed by atoms with Gasteiger partial charge in [0.25, 0.3) is 5.91 Å². The third kappa shape index (κ3) is 2.73. The third-order valence-corrected chi connectivity index (χ3v) is 4.42. The van der Waals surface area contributed by atoms with E-state index in [9.17, 15) is 4.79 Å². The average molecular weight is 334 g/mol. The minimum atomic E-state index is -0.163. The number of aromatic nitrogens is 4. The van der Waals surface area contributed by atoms with Crippen LogP contribution in [0.3, 0.4) is 0 Å². The van der Waals surface area contributed by atoms with Crippen molar-refractivity contribution in [3.8, 4) is 11.4 Å². The molecular formula is C18H18N6O. The number of benzene rings is 1. The maximum absolute atomic E-state index is 12.8. The quantitative estimate of drug-likeness (QED) is 0.775. The van der Waals surface area contributed by atoms with E-state index >= 15 is 0 Å². The Morgan fingerprint density at radius 2 is 1.96 bits per heavy atom. The van der Waals surface area contributed by atoms with Crippen LogP contribution in [-0.4, -0.2) is 37.1 Å². The number of nitrogens with two attached hydrogens (primary N) is 1. The molecule has 0 fully saturated rings. The lowest BCUT2D eigenvalue weighted by molar-refractivity contribution is 0.0630. The summed E-state index contributed by atoms with van der Waals surface area (Å²) in [7, 11) is 0. The van der Waals surface area contributed by atoms with Crippen molar-refractivity contribution in [1.29, 1.82) is 0 Å². The molecule has 1 aliphatic rings. The Balaban J connectivity index is 1.63. The van der Waals surface area contributed by atoms with E-state index in [0.29, 0.717) is 30.3 Å². The van der Waals surface area contributed by atoms with Gasteiger partial charge in [-0.25, -0.2) is 14.6 Å². The van der Waals surface area contributed by atoms with Crippen LogP contribution in [0.1, 0.15) is 29.1 Å². The van der Waals surface area contributed by atoms with Gasteiger partial charge in [-0.1, -0.05) is 30.3 Å². The summed E-state index contributed by atoms with van der Waals surface area (Å²) in [6.45, 7) is 3.17. The number of rotatable bonds is 2. The van der Waals surface area contributed by atoms with E-state index in [1.165, 1.54) is 6.20 Å². The highest BCUT2D eigenvalue weighted by atomic mass is 16.2. The van der Waals surface area contributed by atoms with Crippen molar-refractivity contribution in [1.82, 2.24) is 24.6 Å². The maximum Gasteiger partial charge on any atom is 0.256 e. The van der Waals surface area contributed by atoms with Gasteiger partial charge < -0.3 is 10.6 Å². The van der Waals surface area contributed by atoms with Crippen LogP contribution in [0.4, 0.5) is 5.82 Å². The maximum atomic E-state index is 12.8. The monoisotopic (exact) mass is 334 g/mol. The molecule has 0 spiro atoms. The molecule has 1 amide bonds. The first kappa shape index (κ1) is 15.3. The zero-order valence-corrected chi connectivity index (χ0v) is 13.8. The molecule has 126 valence electrons. The van der Waals surface area contributed by atoms with E-state index in [1.54, 1.807) is 17.0 Å². The van der Waals surface area contributed by atoms with Crippen LogP contribution in [0, 0.1) is 0 Å². The second kappa shape index (κ2) is 6.01. The zero-order valence-electron chi connectivity index (χ0n) is 13.8. The summed E-state index contributed by atoms with van der Waals surface area (Å²) in [6.07, 6.45) is 1.51. The van der Waals surface area contributed by atoms with Crippen LogP contribution in [0.15, 0.2) is 48.7 Å². The second-order valence-electron chi connectivity index (χ2n) is 6.03. The predicted molar refractivity (Wildman–Crippen MR) is 93.6 cm³/mol. The number of anilines is 1. The molecule has 1 aliphatic heterocycles. The topological polar surface area (TPSA) is 89.9 Å². The van der Waals surface area contributed by atoms with Gasteiger partial charge in [0.1, 0.15) is 11.6 Å². The summed E-state index contributed by atoms with van der Waals surface area (Å²) in [6, 6.07) is 13.0. The normalized spacial score (nSPS) is 16.5. The van der Waals surface area contributed by atoms with Gasteiger partial charge in [-0.3, -0.25) is 4.79 Å². The lowest BCUT2D eigenvalue weighted by Gasteiger charge is -2.32. The molecule has 1 aromatic carbocycles. The number of fused-ring (bicyclic) bond motifs is 1. The SMILES string of the molecule is C[C@H]1c2nc(-c3ccccc3)nn2CCN1C(=O)c1ccc(N)nc1. The molecule has 0 radical (unpaired) electrons. The number of hydrogen-bond donors (Lipinski definition) is 1. The number of pyridine rings is 1. The Bertz CT molecular complexity index is 903. The van der Waals surface area contributed by atoms with E-state index in [-0.39, 0.29) is 11.9 Å². The largest absolute Gasteiger partial charge is 0.384 e. The lowest BCUT2D eigenvalue weighted by atomic mass is 10.1. The molecular weight excluding hydrogens is 316 g/mol. The van der Waals surface area contributed by atoms with Gasteiger partial charge in [0, 0.05) is 18.3 Å². The zero-order chi connectivity index (χ0) is 17.4. The second-order valence-corrected chi connectivity index (χ2v) is 6.03. The molecule has 0 unspecified atom stereocenters. The van der Waals surface area contributed by atoms with Gasteiger partial charge in [-0.15, -0.1) is 0 Å². The van der Waals surface area contributed by atoms with Crippen LogP contribution in [-0.2, 0) is 6.54 Å². The van der Waals surface area contributed by atoms with Crippen molar-refractivity contribution < 1.29 is 4.79 Å². The van der Waals surface area contributed by atoms with E-state index in [2.05, 4.69) is 15.1 Å². The van der Waals surface area contributed by atoms with Crippen molar-refractivity contribution in [2.75, 3.05) is 12.3 Å². The minimum Gasteiger partial charge on any atom is -0.384 e. The minimum absolute atomic E-state index is 0.0736. The fourth-order valence-electron chi connectivity index (χ4n) is 3.05. The summed E-state index contributed by atoms with van der Waals surface area (Å²) in [5, 5.41) is 4.59. The molecule has 2 aromatic heterocycles. The molecule has 7 heteroatoms. The van der Waals surface area contributed by atoms with Gasteiger partial charge >= 0.3 is 0 Å². The highest BCUT2D eigenvalue weighted by molar-refractivity contribution is 5.94. The van der Waals surface area contributed by atoms with E-state index in [1.807, 2.05) is 41.9 Å². The van der Waals surface area contributed by atoms with E-state index < -0.39 is 0 Å². The van der Waals surface area contributed by atoms with Gasteiger partial charge in [-0.05, 0) is 19.1 Å². The Hall–Kier alpha value is -3.22. The number of hydrogen-bond acceptors (Lipinski definition) is 5. The molecule has 25 heavy (non-hydrogen) atoms. The number of amides is 1. The highest BCUT2D eigenvalue weighted by Crippen LogP contribution is 2.27. The summed E-state index contributed by atoms with van der Waals surface area (Å²) in [5.74, 6) is 1.80. The molecule has 1 atom stereocenters. The average Bonchev–Trinajstić information content (AvgIpc) is 3.08. The Kier molecular flexibility index (Phi) is 3.68. The standard InChI is InChI=1S/C18H18N6O/c1-12-17-21-16(13-5-3-2-4-6-13)22-24(17)10-9-23(12)18(25)14-7-8-15(19)20-11-14/h2-8,11-12H,9-10H2,1H3,(H2,19,20)/t12-/m0/s1. The molecule has 0 saturated carbocycles. The number of carbonyl (C=O) groups excluding carboxylic acids is 1. The van der Waals surface area contributed by atoms with Gasteiger partial charge in [0.2, 0.25) is 0 Å². The summed E-state index contributed by atoms with van der Waals surface area (Å²) < 4.78 is 1.89. The highest BCUT2D eigenvalue weighted by Gasteiger charge is 2.31. The Morgan fingerprint density at radius 1 is 1.16 bits per heavy atom. The van der Waals surface area contributed by atoms with Crippen LogP contribution in [0.5, 0.6) is 0 Å². The van der Waals surface area contributed by atoms with Gasteiger partial charge in [0.15, 0.2) is 5.82 Å². The fourth-order valence-corrected chi connectivity index (χ4v) is 3.05. The van der Waals surface area contributed by atoms with Gasteiger partial charge in [-0.2, -0.15) is 5.10 Å². The first-order valence-corrected chi connectivity index (χ1v) is 8.16. The first-order valence-electron chi connectivity index (χ1n) is 8.16. The predicted octanol–water partition coefficient (Wildman–Crippen LogP) is 2.14. The number of carbonyl (C=O) groups is 1. The molecule has 3 aromatic rings. The van der Waals surface area contributed by atoms with Crippen LogP contribution < -0.4 is 5.73 Å². The fraction of sp³-hybridized carbons (Fsp3) is 0.222. The first-order chi connectivity index (χ1) is 12.1. The van der Waals surface area contributed by atoms with Crippen molar-refractivity contribution in [2.24, 2.45) is 0 Å². The third-order valence-electron chi connectivity index (χ3n) is 4.42. The van der Waals surface area contributed by atoms with E-state index in [4.69, 9.17) is 5.73 Å². The van der Waals surface area contributed by atoms with Crippen molar-refractivity contribution in [3.05, 3.63) is 60.0 Å². The summed E-state index contributed by atoms with van der Waals surface area (Å²) in [4.78, 5) is 23.3. The van der Waals surface area contributed by atoms with Crippen molar-refractivity contribution in [3.63, 3.8) is 0 Å². The number of nitrogens with zero attached hydrogens (tertiary/aromatic N) is 5. The van der Waals surface area contributed by atoms with Crippen molar-refractivity contribution in [2.45, 2.75) is 19.5 Å². The smallest absolute Gasteiger partial charge is 0.256 e. The van der Waals surface area contributed by atoms with Crippen LogP contribution in [0.25, 0.3) is 11.4 Å². The molecule has 7 nitrogen and oxygen atoms in total. The van der Waals surface area contributed by atoms with Gasteiger partial charge in [0.05, 0.1) is 18.2 Å². The molecule has 0 saturated heterocycles. The molecule has 4 rings (SSSR count). The Labute approximate surface area is 145 Å².